The third-order valence-electron chi connectivity index (χ3n) is 2.66. The number of hydrogen-bond acceptors (Lipinski definition) is 4. The molecule has 0 amide bonds. The second-order valence-corrected chi connectivity index (χ2v) is 5.30. The highest BCUT2D eigenvalue weighted by Gasteiger charge is 2.12. The fourth-order valence-electron chi connectivity index (χ4n) is 1.72. The minimum Gasteiger partial charge on any atom is -0.478 e. The smallest absolute Gasteiger partial charge is 0.338 e. The largest absolute Gasteiger partial charge is 0.478 e. The lowest BCUT2D eigenvalue weighted by molar-refractivity contribution is 0.0692. The predicted octanol–water partition coefficient (Wildman–Crippen LogP) is 2.85. The molecule has 100 valence electrons. The van der Waals surface area contributed by atoms with Crippen LogP contribution in [0, 0.1) is 0 Å². The minimum atomic E-state index is -0.951. The van der Waals surface area contributed by atoms with E-state index in [0.717, 1.165) is 5.69 Å². The molecular weight excluding hydrogens is 262 g/mol. The van der Waals surface area contributed by atoms with E-state index in [0.29, 0.717) is 16.8 Å². The van der Waals surface area contributed by atoms with Crippen molar-refractivity contribution in [1.82, 2.24) is 14.5 Å². The topological polar surface area (TPSA) is 68.0 Å². The molecule has 0 saturated carbocycles. The van der Waals surface area contributed by atoms with Crippen molar-refractivity contribution >= 4 is 17.7 Å². The van der Waals surface area contributed by atoms with Gasteiger partial charge in [0, 0.05) is 29.9 Å². The molecule has 2 aromatic heterocycles. The number of hydrogen-bond donors (Lipinski definition) is 1. The van der Waals surface area contributed by atoms with Gasteiger partial charge in [-0.15, -0.1) is 0 Å². The van der Waals surface area contributed by atoms with Gasteiger partial charge in [0.05, 0.1) is 11.9 Å². The quantitative estimate of drug-likeness (QED) is 0.851. The summed E-state index contributed by atoms with van der Waals surface area (Å²) in [6.07, 6.45) is 5.20. The molecule has 2 heterocycles. The maximum Gasteiger partial charge on any atom is 0.338 e. The maximum atomic E-state index is 11.1. The average molecular weight is 277 g/mol. The number of aromatic carboxylic acids is 1. The molecule has 6 heteroatoms. The molecule has 2 aromatic rings. The Labute approximate surface area is 115 Å². The Bertz CT molecular complexity index is 581. The normalized spacial score (nSPS) is 10.9. The van der Waals surface area contributed by atoms with Crippen LogP contribution >= 0.6 is 11.8 Å². The molecular formula is C13H15N3O2S. The highest BCUT2D eigenvalue weighted by Crippen LogP contribution is 2.25. The van der Waals surface area contributed by atoms with E-state index < -0.39 is 5.97 Å². The van der Waals surface area contributed by atoms with Crippen LogP contribution in [0.4, 0.5) is 0 Å². The summed E-state index contributed by atoms with van der Waals surface area (Å²) < 4.78 is 2.07. The van der Waals surface area contributed by atoms with Gasteiger partial charge in [0.25, 0.3) is 0 Å². The van der Waals surface area contributed by atoms with E-state index in [1.807, 2.05) is 0 Å². The zero-order valence-electron chi connectivity index (χ0n) is 10.8. The lowest BCUT2D eigenvalue weighted by Gasteiger charge is -2.11. The first-order valence-electron chi connectivity index (χ1n) is 5.91. The van der Waals surface area contributed by atoms with E-state index in [-0.39, 0.29) is 5.56 Å². The van der Waals surface area contributed by atoms with Crippen LogP contribution in [-0.2, 0) is 5.75 Å². The summed E-state index contributed by atoms with van der Waals surface area (Å²) in [5.74, 6) is -0.303. The third-order valence-corrected chi connectivity index (χ3v) is 3.70. The molecule has 0 radical (unpaired) electrons. The minimum absolute atomic E-state index is 0.239. The number of aromatic nitrogens is 3. The fraction of sp³-hybridized carbons (Fsp3) is 0.308. The Kier molecular flexibility index (Phi) is 4.21. The van der Waals surface area contributed by atoms with Crippen LogP contribution in [0.3, 0.4) is 0 Å². The standard InChI is InChI=1S/C13H15N3O2S/c1-9(2)16-8-14-6-10(16)7-19-12-11(13(17)18)4-3-5-15-12/h3-6,8-9H,7H2,1-2H3,(H,17,18). The lowest BCUT2D eigenvalue weighted by atomic mass is 10.3. The summed E-state index contributed by atoms with van der Waals surface area (Å²) in [5.41, 5.74) is 1.30. The molecule has 0 fully saturated rings. The number of carboxylic acid groups (broad SMARTS) is 1. The van der Waals surface area contributed by atoms with Crippen molar-refractivity contribution in [3.05, 3.63) is 42.1 Å². The van der Waals surface area contributed by atoms with Gasteiger partial charge in [-0.2, -0.15) is 0 Å². The number of pyridine rings is 1. The lowest BCUT2D eigenvalue weighted by Crippen LogP contribution is -2.04. The van der Waals surface area contributed by atoms with E-state index in [1.165, 1.54) is 11.8 Å². The number of rotatable bonds is 5. The summed E-state index contributed by atoms with van der Waals surface area (Å²) in [6.45, 7) is 4.17. The Hall–Kier alpha value is -1.82. The molecule has 0 saturated heterocycles. The van der Waals surface area contributed by atoms with Crippen molar-refractivity contribution in [2.24, 2.45) is 0 Å². The second-order valence-electron chi connectivity index (χ2n) is 4.34. The SMILES string of the molecule is CC(C)n1cncc1CSc1ncccc1C(=O)O. The Balaban J connectivity index is 2.15. The number of carboxylic acids is 1. The summed E-state index contributed by atoms with van der Waals surface area (Å²) in [5, 5.41) is 9.63. The predicted molar refractivity (Wildman–Crippen MR) is 73.4 cm³/mol. The first kappa shape index (κ1) is 13.6. The van der Waals surface area contributed by atoms with E-state index >= 15 is 0 Å². The molecule has 0 atom stereocenters. The van der Waals surface area contributed by atoms with Crippen molar-refractivity contribution in [2.75, 3.05) is 0 Å². The molecule has 0 aromatic carbocycles. The number of imidazole rings is 1. The van der Waals surface area contributed by atoms with Gasteiger partial charge < -0.3 is 9.67 Å². The second kappa shape index (κ2) is 5.88. The Morgan fingerprint density at radius 2 is 2.32 bits per heavy atom. The van der Waals surface area contributed by atoms with Gasteiger partial charge in [-0.1, -0.05) is 11.8 Å². The van der Waals surface area contributed by atoms with Gasteiger partial charge in [-0.25, -0.2) is 14.8 Å². The third kappa shape index (κ3) is 3.14. The van der Waals surface area contributed by atoms with Gasteiger partial charge in [-0.05, 0) is 26.0 Å². The molecule has 0 aliphatic heterocycles. The first-order valence-corrected chi connectivity index (χ1v) is 6.90. The average Bonchev–Trinajstić information content (AvgIpc) is 2.85. The Morgan fingerprint density at radius 1 is 1.53 bits per heavy atom. The van der Waals surface area contributed by atoms with Gasteiger partial charge in [0.1, 0.15) is 5.03 Å². The highest BCUT2D eigenvalue weighted by molar-refractivity contribution is 7.98. The van der Waals surface area contributed by atoms with E-state index in [2.05, 4.69) is 28.4 Å². The van der Waals surface area contributed by atoms with Crippen LogP contribution < -0.4 is 0 Å². The zero-order chi connectivity index (χ0) is 13.8. The van der Waals surface area contributed by atoms with Crippen LogP contribution in [-0.4, -0.2) is 25.6 Å². The van der Waals surface area contributed by atoms with E-state index in [9.17, 15) is 4.79 Å². The molecule has 0 bridgehead atoms. The van der Waals surface area contributed by atoms with Crippen molar-refractivity contribution < 1.29 is 9.90 Å². The maximum absolute atomic E-state index is 11.1. The summed E-state index contributed by atoms with van der Waals surface area (Å²) >= 11 is 1.41. The first-order chi connectivity index (χ1) is 9.09. The number of carbonyl (C=O) groups is 1. The number of nitrogens with zero attached hydrogens (tertiary/aromatic N) is 3. The van der Waals surface area contributed by atoms with Crippen LogP contribution in [0.5, 0.6) is 0 Å². The van der Waals surface area contributed by atoms with Gasteiger partial charge in [0.2, 0.25) is 0 Å². The summed E-state index contributed by atoms with van der Waals surface area (Å²) in [6, 6.07) is 3.53. The monoisotopic (exact) mass is 277 g/mol. The van der Waals surface area contributed by atoms with Crippen LogP contribution in [0.2, 0.25) is 0 Å². The molecule has 0 aliphatic rings. The summed E-state index contributed by atoms with van der Waals surface area (Å²) in [7, 11) is 0. The molecule has 5 nitrogen and oxygen atoms in total. The van der Waals surface area contributed by atoms with Crippen molar-refractivity contribution in [3.63, 3.8) is 0 Å². The van der Waals surface area contributed by atoms with Crippen LogP contribution in [0.15, 0.2) is 35.9 Å². The van der Waals surface area contributed by atoms with Crippen LogP contribution in [0.1, 0.15) is 35.9 Å². The van der Waals surface area contributed by atoms with Crippen molar-refractivity contribution in [3.8, 4) is 0 Å². The van der Waals surface area contributed by atoms with Gasteiger partial charge >= 0.3 is 5.97 Å². The molecule has 0 aliphatic carbocycles. The molecule has 0 unspecified atom stereocenters. The van der Waals surface area contributed by atoms with Gasteiger partial charge in [0.15, 0.2) is 0 Å². The van der Waals surface area contributed by atoms with E-state index in [4.69, 9.17) is 5.11 Å². The zero-order valence-corrected chi connectivity index (χ0v) is 11.6. The highest BCUT2D eigenvalue weighted by atomic mass is 32.2. The van der Waals surface area contributed by atoms with Crippen LogP contribution in [0.25, 0.3) is 0 Å². The fourth-order valence-corrected chi connectivity index (χ4v) is 2.67. The number of thioether (sulfide) groups is 1. The van der Waals surface area contributed by atoms with Crippen molar-refractivity contribution in [2.45, 2.75) is 30.7 Å². The van der Waals surface area contributed by atoms with E-state index in [1.54, 1.807) is 30.9 Å². The molecule has 19 heavy (non-hydrogen) atoms. The molecule has 2 rings (SSSR count). The summed E-state index contributed by atoms with van der Waals surface area (Å²) in [4.78, 5) is 19.3. The van der Waals surface area contributed by atoms with Gasteiger partial charge in [-0.3, -0.25) is 0 Å². The molecule has 0 spiro atoms. The molecule has 1 N–H and O–H groups in total. The Morgan fingerprint density at radius 3 is 3.00 bits per heavy atom. The van der Waals surface area contributed by atoms with Crippen molar-refractivity contribution in [1.29, 1.82) is 0 Å².